The van der Waals surface area contributed by atoms with Gasteiger partial charge in [-0.25, -0.2) is 0 Å². The van der Waals surface area contributed by atoms with Crippen molar-refractivity contribution in [3.8, 4) is 0 Å². The van der Waals surface area contributed by atoms with Crippen LogP contribution in [0.25, 0.3) is 0 Å². The Morgan fingerprint density at radius 1 is 0.500 bits per heavy atom. The molecule has 0 aromatic carbocycles. The van der Waals surface area contributed by atoms with Crippen molar-refractivity contribution in [3.05, 3.63) is 0 Å². The molecule has 0 atom stereocenters. The van der Waals surface area contributed by atoms with E-state index in [0.29, 0.717) is 0 Å². The first-order valence-corrected chi connectivity index (χ1v) is 15.9. The van der Waals surface area contributed by atoms with Crippen molar-refractivity contribution < 1.29 is 14.2 Å². The fourth-order valence-electron chi connectivity index (χ4n) is 3.82. The van der Waals surface area contributed by atoms with Crippen LogP contribution >= 0.6 is 0 Å². The Morgan fingerprint density at radius 3 is 1.12 bits per heavy atom. The summed E-state index contributed by atoms with van der Waals surface area (Å²) in [5.74, 6) is 1.56. The first-order valence-electron chi connectivity index (χ1n) is 13.9. The van der Waals surface area contributed by atoms with Crippen LogP contribution in [0.15, 0.2) is 0 Å². The van der Waals surface area contributed by atoms with E-state index in [0.717, 1.165) is 69.7 Å². The van der Waals surface area contributed by atoms with Crippen LogP contribution in [0.5, 0.6) is 0 Å². The van der Waals surface area contributed by atoms with Crippen molar-refractivity contribution in [2.24, 2.45) is 17.8 Å². The summed E-state index contributed by atoms with van der Waals surface area (Å²) >= 11 is 1.58. The zero-order valence-corrected chi connectivity index (χ0v) is 25.5. The maximum atomic E-state index is 6.39. The predicted molar refractivity (Wildman–Crippen MR) is 140 cm³/mol. The van der Waals surface area contributed by atoms with Crippen LogP contribution < -0.4 is 0 Å². The molecule has 0 spiro atoms. The summed E-state index contributed by atoms with van der Waals surface area (Å²) in [5, 5.41) is 0. The van der Waals surface area contributed by atoms with Crippen LogP contribution in [0.4, 0.5) is 0 Å². The maximum absolute atomic E-state index is 6.39. The number of ether oxygens (including phenoxy) is 3. The Morgan fingerprint density at radius 2 is 0.844 bits per heavy atom. The van der Waals surface area contributed by atoms with Gasteiger partial charge >= 0.3 is 216 Å². The van der Waals surface area contributed by atoms with Crippen LogP contribution in [-0.2, 0) is 14.2 Å². The van der Waals surface area contributed by atoms with Crippen molar-refractivity contribution in [1.29, 1.82) is 0 Å². The molecule has 3 nitrogen and oxygen atoms in total. The van der Waals surface area contributed by atoms with Gasteiger partial charge in [-0.1, -0.05) is 0 Å². The van der Waals surface area contributed by atoms with Gasteiger partial charge in [0.25, 0.3) is 0 Å². The van der Waals surface area contributed by atoms with Gasteiger partial charge in [-0.05, 0) is 0 Å². The Bertz CT molecular complexity index is 335. The van der Waals surface area contributed by atoms with E-state index in [2.05, 4.69) is 41.5 Å². The fourth-order valence-corrected chi connectivity index (χ4v) is 4.33. The molecule has 0 aromatic heterocycles. The molecule has 0 saturated heterocycles. The van der Waals surface area contributed by atoms with Gasteiger partial charge in [0.15, 0.2) is 0 Å². The second-order valence-electron chi connectivity index (χ2n) is 10.8. The normalized spacial score (nSPS) is 12.6. The topological polar surface area (TPSA) is 27.7 Å². The Labute approximate surface area is 215 Å². The van der Waals surface area contributed by atoms with E-state index in [-0.39, 0.29) is 0 Å². The third kappa shape index (κ3) is 21.2. The number of unbranched alkanes of at least 4 members (excludes halogenated alkanes) is 6. The summed E-state index contributed by atoms with van der Waals surface area (Å²) in [7, 11) is 0. The molecule has 0 heterocycles. The molecule has 3 radical (unpaired) electrons. The third-order valence-corrected chi connectivity index (χ3v) is 6.91. The minimum atomic E-state index is -0.815. The van der Waals surface area contributed by atoms with E-state index in [1.54, 1.807) is 22.5 Å². The molecule has 0 amide bonds. The second kappa shape index (κ2) is 22.2. The van der Waals surface area contributed by atoms with Crippen LogP contribution in [-0.4, -0.2) is 48.3 Å². The SMILES string of the molecule is CC(C)CCCCCOC(CC[CH2][Sn])(OCCCCCC(C)C)OCCCCCC(C)C. The van der Waals surface area contributed by atoms with Crippen molar-refractivity contribution in [2.75, 3.05) is 19.8 Å². The average Bonchev–Trinajstić information content (AvgIpc) is 2.73. The van der Waals surface area contributed by atoms with Gasteiger partial charge in [-0.3, -0.25) is 0 Å². The molecule has 0 rings (SSSR count). The Hall–Kier alpha value is 0.679. The zero-order valence-electron chi connectivity index (χ0n) is 22.7. The molecule has 0 aliphatic rings. The quantitative estimate of drug-likeness (QED) is 0.0672. The molecular weight excluding hydrogens is 503 g/mol. The van der Waals surface area contributed by atoms with Gasteiger partial charge < -0.3 is 0 Å². The number of rotatable bonds is 24. The third-order valence-electron chi connectivity index (χ3n) is 5.90. The van der Waals surface area contributed by atoms with Gasteiger partial charge in [-0.2, -0.15) is 0 Å². The summed E-state index contributed by atoms with van der Waals surface area (Å²) in [6.45, 7) is 16.1. The molecule has 0 unspecified atom stereocenters. The van der Waals surface area contributed by atoms with Crippen molar-refractivity contribution in [1.82, 2.24) is 0 Å². The van der Waals surface area contributed by atoms with E-state index in [1.807, 2.05) is 0 Å². The zero-order chi connectivity index (χ0) is 24.1. The molecule has 0 aromatic rings. The molecule has 0 aliphatic carbocycles. The number of hydrogen-bond acceptors (Lipinski definition) is 3. The van der Waals surface area contributed by atoms with E-state index >= 15 is 0 Å². The van der Waals surface area contributed by atoms with Crippen molar-refractivity contribution >= 4 is 22.5 Å². The molecular formula is C28H57O3Sn. The van der Waals surface area contributed by atoms with Crippen LogP contribution in [0.3, 0.4) is 0 Å². The van der Waals surface area contributed by atoms with Gasteiger partial charge in [0.2, 0.25) is 0 Å². The number of hydrogen-bond donors (Lipinski definition) is 0. The van der Waals surface area contributed by atoms with Crippen LogP contribution in [0.1, 0.15) is 131 Å². The first-order chi connectivity index (χ1) is 15.3. The van der Waals surface area contributed by atoms with Crippen molar-refractivity contribution in [3.63, 3.8) is 0 Å². The monoisotopic (exact) mass is 561 g/mol. The summed E-state index contributed by atoms with van der Waals surface area (Å²) in [6, 6.07) is 0. The fraction of sp³-hybridized carbons (Fsp3) is 1.00. The summed E-state index contributed by atoms with van der Waals surface area (Å²) < 4.78 is 20.4. The molecule has 4 heteroatoms. The van der Waals surface area contributed by atoms with Gasteiger partial charge in [0.05, 0.1) is 0 Å². The van der Waals surface area contributed by atoms with Crippen molar-refractivity contribution in [2.45, 2.75) is 142 Å². The average molecular weight is 560 g/mol. The van der Waals surface area contributed by atoms with Crippen LogP contribution in [0, 0.1) is 17.8 Å². The van der Waals surface area contributed by atoms with E-state index in [4.69, 9.17) is 14.2 Å². The Balaban J connectivity index is 4.61. The predicted octanol–water partition coefficient (Wildman–Crippen LogP) is 8.71. The molecule has 0 bridgehead atoms. The molecule has 0 N–H and O–H groups in total. The first kappa shape index (κ1) is 32.7. The molecule has 0 aliphatic heterocycles. The van der Waals surface area contributed by atoms with E-state index in [1.165, 1.54) is 62.2 Å². The van der Waals surface area contributed by atoms with E-state index < -0.39 is 5.97 Å². The van der Waals surface area contributed by atoms with Gasteiger partial charge in [0, 0.05) is 0 Å². The standard InChI is InChI=1S/C28H57O3.Sn/c1-8-21-28(29-22-15-9-12-18-25(2)3,30-23-16-10-13-19-26(4)5)31-24-17-11-14-20-27(6)7;/h25-27H,1,8-24H2,2-7H3;. The van der Waals surface area contributed by atoms with Gasteiger partial charge in [-0.15, -0.1) is 0 Å². The second-order valence-corrected chi connectivity index (χ2v) is 12.2. The minimum absolute atomic E-state index is 0.746. The molecule has 0 saturated carbocycles. The molecule has 0 fully saturated rings. The van der Waals surface area contributed by atoms with Gasteiger partial charge in [0.1, 0.15) is 0 Å². The molecule has 32 heavy (non-hydrogen) atoms. The van der Waals surface area contributed by atoms with E-state index in [9.17, 15) is 0 Å². The Kier molecular flexibility index (Phi) is 22.6. The summed E-state index contributed by atoms with van der Waals surface area (Å²) in [4.78, 5) is 0. The summed E-state index contributed by atoms with van der Waals surface area (Å²) in [6.07, 6.45) is 16.8. The molecule has 191 valence electrons. The van der Waals surface area contributed by atoms with Crippen LogP contribution in [0.2, 0.25) is 4.44 Å². The summed E-state index contributed by atoms with van der Waals surface area (Å²) in [5.41, 5.74) is 0.